The van der Waals surface area contributed by atoms with Crippen LogP contribution in [0.25, 0.3) is 0 Å². The van der Waals surface area contributed by atoms with Gasteiger partial charge in [-0.25, -0.2) is 0 Å². The number of nitrogens with zero attached hydrogens (tertiary/aromatic N) is 1. The van der Waals surface area contributed by atoms with E-state index >= 15 is 0 Å². The standard InChI is InChI=1S/C18H30N2/c1-2-3-4-5-6-7-8-11-17(19)16-13-12-15-10-9-14-20-18(15)16/h9-10,14,16-17H,2-8,11-13,19H2,1H3. The maximum Gasteiger partial charge on any atom is 0.0482 e. The summed E-state index contributed by atoms with van der Waals surface area (Å²) in [6.07, 6.45) is 15.0. The van der Waals surface area contributed by atoms with Gasteiger partial charge in [0.15, 0.2) is 0 Å². The lowest BCUT2D eigenvalue weighted by atomic mass is 9.93. The maximum atomic E-state index is 6.42. The number of fused-ring (bicyclic) bond motifs is 1. The zero-order valence-electron chi connectivity index (χ0n) is 13.0. The molecule has 0 fully saturated rings. The van der Waals surface area contributed by atoms with Gasteiger partial charge in [-0.15, -0.1) is 0 Å². The quantitative estimate of drug-likeness (QED) is 0.669. The predicted molar refractivity (Wildman–Crippen MR) is 85.9 cm³/mol. The van der Waals surface area contributed by atoms with Gasteiger partial charge in [-0.2, -0.15) is 0 Å². The molecular weight excluding hydrogens is 244 g/mol. The number of hydrogen-bond acceptors (Lipinski definition) is 2. The summed E-state index contributed by atoms with van der Waals surface area (Å²) in [4.78, 5) is 4.56. The highest BCUT2D eigenvalue weighted by Gasteiger charge is 2.28. The van der Waals surface area contributed by atoms with Crippen molar-refractivity contribution in [2.45, 2.75) is 83.1 Å². The summed E-state index contributed by atoms with van der Waals surface area (Å²) in [6, 6.07) is 4.56. The fourth-order valence-electron chi connectivity index (χ4n) is 3.40. The largest absolute Gasteiger partial charge is 0.327 e. The topological polar surface area (TPSA) is 38.9 Å². The number of aromatic nitrogens is 1. The molecule has 0 saturated carbocycles. The minimum atomic E-state index is 0.307. The highest BCUT2D eigenvalue weighted by molar-refractivity contribution is 5.29. The first-order valence-corrected chi connectivity index (χ1v) is 8.52. The van der Waals surface area contributed by atoms with Gasteiger partial charge in [0, 0.05) is 23.9 Å². The number of unbranched alkanes of at least 4 members (excludes halogenated alkanes) is 6. The van der Waals surface area contributed by atoms with Crippen LogP contribution < -0.4 is 5.73 Å². The van der Waals surface area contributed by atoms with Crippen molar-refractivity contribution in [1.29, 1.82) is 0 Å². The first-order valence-electron chi connectivity index (χ1n) is 8.52. The van der Waals surface area contributed by atoms with Crippen molar-refractivity contribution in [1.82, 2.24) is 4.98 Å². The third-order valence-electron chi connectivity index (χ3n) is 4.66. The second-order valence-corrected chi connectivity index (χ2v) is 6.27. The smallest absolute Gasteiger partial charge is 0.0482 e. The molecule has 1 aromatic heterocycles. The number of pyridine rings is 1. The van der Waals surface area contributed by atoms with E-state index in [2.05, 4.69) is 18.0 Å². The fourth-order valence-corrected chi connectivity index (χ4v) is 3.40. The summed E-state index contributed by atoms with van der Waals surface area (Å²) in [5.74, 6) is 0.506. The Morgan fingerprint density at radius 1 is 1.20 bits per heavy atom. The molecule has 0 aliphatic heterocycles. The Morgan fingerprint density at radius 3 is 2.75 bits per heavy atom. The van der Waals surface area contributed by atoms with E-state index in [0.29, 0.717) is 12.0 Å². The molecule has 1 aliphatic rings. The number of nitrogens with two attached hydrogens (primary N) is 1. The van der Waals surface area contributed by atoms with Crippen LogP contribution in [0.2, 0.25) is 0 Å². The Balaban J connectivity index is 1.65. The lowest BCUT2D eigenvalue weighted by molar-refractivity contribution is 0.460. The predicted octanol–water partition coefficient (Wildman–Crippen LogP) is 4.58. The average molecular weight is 274 g/mol. The van der Waals surface area contributed by atoms with Crippen molar-refractivity contribution in [2.24, 2.45) is 5.73 Å². The first-order chi connectivity index (χ1) is 9.83. The first kappa shape index (κ1) is 15.5. The fraction of sp³-hybridized carbons (Fsp3) is 0.722. The summed E-state index contributed by atoms with van der Waals surface area (Å²) in [6.45, 7) is 2.27. The van der Waals surface area contributed by atoms with Crippen LogP contribution in [-0.4, -0.2) is 11.0 Å². The monoisotopic (exact) mass is 274 g/mol. The van der Waals surface area contributed by atoms with Crippen molar-refractivity contribution in [2.75, 3.05) is 0 Å². The number of aryl methyl sites for hydroxylation is 1. The van der Waals surface area contributed by atoms with Gasteiger partial charge in [-0.1, -0.05) is 57.9 Å². The van der Waals surface area contributed by atoms with Crippen LogP contribution >= 0.6 is 0 Å². The molecule has 0 spiro atoms. The minimum Gasteiger partial charge on any atom is -0.327 e. The van der Waals surface area contributed by atoms with Crippen molar-refractivity contribution in [3.8, 4) is 0 Å². The summed E-state index contributed by atoms with van der Waals surface area (Å²) < 4.78 is 0. The van der Waals surface area contributed by atoms with Gasteiger partial charge in [0.1, 0.15) is 0 Å². The highest BCUT2D eigenvalue weighted by Crippen LogP contribution is 2.34. The van der Waals surface area contributed by atoms with E-state index in [0.717, 1.165) is 6.42 Å². The van der Waals surface area contributed by atoms with Crippen molar-refractivity contribution >= 4 is 0 Å². The van der Waals surface area contributed by atoms with Crippen LogP contribution in [-0.2, 0) is 6.42 Å². The van der Waals surface area contributed by atoms with Gasteiger partial charge in [0.2, 0.25) is 0 Å². The molecule has 0 bridgehead atoms. The second kappa shape index (κ2) is 8.41. The molecule has 1 heterocycles. The summed E-state index contributed by atoms with van der Waals surface area (Å²) in [5, 5.41) is 0. The Bertz CT molecular complexity index is 389. The van der Waals surface area contributed by atoms with Crippen LogP contribution in [0, 0.1) is 0 Å². The van der Waals surface area contributed by atoms with E-state index in [1.807, 2.05) is 12.3 Å². The van der Waals surface area contributed by atoms with Gasteiger partial charge in [0.05, 0.1) is 0 Å². The zero-order chi connectivity index (χ0) is 14.2. The van der Waals surface area contributed by atoms with Gasteiger partial charge in [-0.05, 0) is 30.9 Å². The normalized spacial score (nSPS) is 19.0. The third-order valence-corrected chi connectivity index (χ3v) is 4.66. The summed E-state index contributed by atoms with van der Waals surface area (Å²) >= 11 is 0. The molecule has 2 rings (SSSR count). The molecule has 0 saturated heterocycles. The van der Waals surface area contributed by atoms with E-state index in [9.17, 15) is 0 Å². The van der Waals surface area contributed by atoms with Crippen molar-refractivity contribution in [3.05, 3.63) is 29.6 Å². The highest BCUT2D eigenvalue weighted by atomic mass is 14.7. The van der Waals surface area contributed by atoms with Gasteiger partial charge in [-0.3, -0.25) is 4.98 Å². The van der Waals surface area contributed by atoms with E-state index in [4.69, 9.17) is 5.73 Å². The molecule has 2 N–H and O–H groups in total. The van der Waals surface area contributed by atoms with Crippen LogP contribution in [0.4, 0.5) is 0 Å². The summed E-state index contributed by atoms with van der Waals surface area (Å²) in [7, 11) is 0. The molecule has 1 aromatic rings. The van der Waals surface area contributed by atoms with E-state index < -0.39 is 0 Å². The molecule has 0 aromatic carbocycles. The SMILES string of the molecule is CCCCCCCCCC(N)C1CCc2cccnc21. The molecule has 2 heteroatoms. The van der Waals surface area contributed by atoms with Gasteiger partial charge < -0.3 is 5.73 Å². The van der Waals surface area contributed by atoms with Crippen LogP contribution in [0.1, 0.15) is 81.9 Å². The van der Waals surface area contributed by atoms with Crippen molar-refractivity contribution < 1.29 is 0 Å². The molecule has 0 radical (unpaired) electrons. The Kier molecular flexibility index (Phi) is 6.52. The van der Waals surface area contributed by atoms with Crippen LogP contribution in [0.3, 0.4) is 0 Å². The third kappa shape index (κ3) is 4.31. The lowest BCUT2D eigenvalue weighted by Gasteiger charge is -2.19. The van der Waals surface area contributed by atoms with Crippen molar-refractivity contribution in [3.63, 3.8) is 0 Å². The number of rotatable bonds is 9. The second-order valence-electron chi connectivity index (χ2n) is 6.27. The molecule has 1 aliphatic carbocycles. The Labute approximate surface area is 124 Å². The van der Waals surface area contributed by atoms with E-state index in [1.54, 1.807) is 0 Å². The Morgan fingerprint density at radius 2 is 1.95 bits per heavy atom. The molecular formula is C18H30N2. The van der Waals surface area contributed by atoms with Crippen LogP contribution in [0.5, 0.6) is 0 Å². The number of hydrogen-bond donors (Lipinski definition) is 1. The molecule has 0 amide bonds. The molecule has 20 heavy (non-hydrogen) atoms. The molecule has 2 unspecified atom stereocenters. The lowest BCUT2D eigenvalue weighted by Crippen LogP contribution is -2.27. The van der Waals surface area contributed by atoms with Crippen LogP contribution in [0.15, 0.2) is 18.3 Å². The van der Waals surface area contributed by atoms with E-state index in [-0.39, 0.29) is 0 Å². The molecule has 2 atom stereocenters. The zero-order valence-corrected chi connectivity index (χ0v) is 13.0. The van der Waals surface area contributed by atoms with Gasteiger partial charge >= 0.3 is 0 Å². The minimum absolute atomic E-state index is 0.307. The molecule has 112 valence electrons. The average Bonchev–Trinajstić information content (AvgIpc) is 2.90. The van der Waals surface area contributed by atoms with Gasteiger partial charge in [0.25, 0.3) is 0 Å². The summed E-state index contributed by atoms with van der Waals surface area (Å²) in [5.41, 5.74) is 9.12. The Hall–Kier alpha value is -0.890. The molecule has 2 nitrogen and oxygen atoms in total. The maximum absolute atomic E-state index is 6.42. The van der Waals surface area contributed by atoms with E-state index in [1.165, 1.54) is 69.0 Å².